The van der Waals surface area contributed by atoms with Crippen LogP contribution in [0.3, 0.4) is 0 Å². The highest BCUT2D eigenvalue weighted by atomic mass is 16.4. The molecule has 1 heterocycles. The first-order valence-electron chi connectivity index (χ1n) is 7.04. The van der Waals surface area contributed by atoms with Crippen LogP contribution >= 0.6 is 0 Å². The van der Waals surface area contributed by atoms with Crippen LogP contribution in [0, 0.1) is 5.92 Å². The summed E-state index contributed by atoms with van der Waals surface area (Å²) in [6.45, 7) is 5.21. The smallest absolute Gasteiger partial charge is 0.323 e. The van der Waals surface area contributed by atoms with Gasteiger partial charge in [-0.05, 0) is 51.5 Å². The fourth-order valence-electron chi connectivity index (χ4n) is 3.58. The van der Waals surface area contributed by atoms with Crippen molar-refractivity contribution in [2.75, 3.05) is 6.54 Å². The van der Waals surface area contributed by atoms with Gasteiger partial charge in [-0.3, -0.25) is 9.69 Å². The lowest BCUT2D eigenvalue weighted by molar-refractivity contribution is -0.150. The quantitative estimate of drug-likeness (QED) is 0.753. The zero-order chi connectivity index (χ0) is 12.5. The molecule has 3 unspecified atom stereocenters. The summed E-state index contributed by atoms with van der Waals surface area (Å²) in [6.07, 6.45) is 8.06. The van der Waals surface area contributed by atoms with Crippen molar-refractivity contribution in [2.24, 2.45) is 5.92 Å². The summed E-state index contributed by atoms with van der Waals surface area (Å²) in [5, 5.41) is 9.45. The van der Waals surface area contributed by atoms with Crippen molar-refractivity contribution in [3.05, 3.63) is 0 Å². The van der Waals surface area contributed by atoms with Crippen LogP contribution < -0.4 is 0 Å². The molecule has 1 aliphatic heterocycles. The Morgan fingerprint density at radius 2 is 2.00 bits per heavy atom. The van der Waals surface area contributed by atoms with Crippen LogP contribution in [-0.2, 0) is 4.79 Å². The maximum atomic E-state index is 11.5. The van der Waals surface area contributed by atoms with Crippen molar-refractivity contribution in [1.29, 1.82) is 0 Å². The molecule has 3 atom stereocenters. The van der Waals surface area contributed by atoms with Crippen LogP contribution in [0.25, 0.3) is 0 Å². The summed E-state index contributed by atoms with van der Waals surface area (Å²) in [4.78, 5) is 13.8. The first kappa shape index (κ1) is 12.9. The lowest BCUT2D eigenvalue weighted by Crippen LogP contribution is -2.52. The Kier molecular flexibility index (Phi) is 3.76. The number of rotatable bonds is 2. The fraction of sp³-hybridized carbons (Fsp3) is 0.929. The van der Waals surface area contributed by atoms with Crippen molar-refractivity contribution < 1.29 is 9.90 Å². The van der Waals surface area contributed by atoms with Gasteiger partial charge >= 0.3 is 5.97 Å². The Hall–Kier alpha value is -0.570. The summed E-state index contributed by atoms with van der Waals surface area (Å²) < 4.78 is 0. The summed E-state index contributed by atoms with van der Waals surface area (Å²) >= 11 is 0. The lowest BCUT2D eigenvalue weighted by Gasteiger charge is -2.37. The van der Waals surface area contributed by atoms with Gasteiger partial charge in [0.2, 0.25) is 0 Å². The zero-order valence-corrected chi connectivity index (χ0v) is 11.1. The molecule has 1 saturated heterocycles. The number of likely N-dealkylation sites (tertiary alicyclic amines) is 1. The summed E-state index contributed by atoms with van der Waals surface area (Å²) in [6, 6.07) is 0.503. The maximum absolute atomic E-state index is 11.5. The van der Waals surface area contributed by atoms with Crippen molar-refractivity contribution in [3.8, 4) is 0 Å². The van der Waals surface area contributed by atoms with Crippen molar-refractivity contribution in [2.45, 2.75) is 70.4 Å². The average molecular weight is 239 g/mol. The largest absolute Gasteiger partial charge is 0.480 e. The minimum atomic E-state index is -0.632. The molecule has 0 amide bonds. The Labute approximate surface area is 104 Å². The van der Waals surface area contributed by atoms with Gasteiger partial charge in [-0.2, -0.15) is 0 Å². The molecule has 0 aromatic carbocycles. The van der Waals surface area contributed by atoms with E-state index in [1.54, 1.807) is 0 Å². The molecule has 0 aromatic heterocycles. The molecule has 0 spiro atoms. The Bertz CT molecular complexity index is 292. The third-order valence-corrected chi connectivity index (χ3v) is 4.82. The molecule has 2 fully saturated rings. The molecule has 0 radical (unpaired) electrons. The second kappa shape index (κ2) is 4.97. The van der Waals surface area contributed by atoms with Gasteiger partial charge in [-0.25, -0.2) is 0 Å². The molecule has 98 valence electrons. The molecule has 3 heteroatoms. The molecule has 1 saturated carbocycles. The van der Waals surface area contributed by atoms with Crippen molar-refractivity contribution in [1.82, 2.24) is 4.90 Å². The standard InChI is InChI=1S/C14H25NO2/c1-11-5-3-6-12(8-7-11)15-10-4-9-14(15,2)13(16)17/h11-12H,3-10H2,1-2H3,(H,16,17). The van der Waals surface area contributed by atoms with Crippen molar-refractivity contribution >= 4 is 5.97 Å². The SMILES string of the molecule is CC1CCCC(N2CCCC2(C)C(=O)O)CC1. The summed E-state index contributed by atoms with van der Waals surface area (Å²) in [5.74, 6) is 0.186. The van der Waals surface area contributed by atoms with E-state index in [0.717, 1.165) is 25.3 Å². The minimum Gasteiger partial charge on any atom is -0.480 e. The number of hydrogen-bond donors (Lipinski definition) is 1. The highest BCUT2D eigenvalue weighted by molar-refractivity contribution is 5.78. The van der Waals surface area contributed by atoms with Gasteiger partial charge < -0.3 is 5.11 Å². The van der Waals surface area contributed by atoms with Gasteiger partial charge in [0.25, 0.3) is 0 Å². The molecular weight excluding hydrogens is 214 g/mol. The predicted molar refractivity (Wildman–Crippen MR) is 68.0 cm³/mol. The Morgan fingerprint density at radius 1 is 1.24 bits per heavy atom. The first-order valence-corrected chi connectivity index (χ1v) is 7.04. The number of nitrogens with zero attached hydrogens (tertiary/aromatic N) is 1. The molecule has 0 aromatic rings. The monoisotopic (exact) mass is 239 g/mol. The summed E-state index contributed by atoms with van der Waals surface area (Å²) in [7, 11) is 0. The molecule has 17 heavy (non-hydrogen) atoms. The van der Waals surface area contributed by atoms with Crippen LogP contribution in [-0.4, -0.2) is 34.1 Å². The maximum Gasteiger partial charge on any atom is 0.323 e. The molecule has 2 aliphatic rings. The number of hydrogen-bond acceptors (Lipinski definition) is 2. The van der Waals surface area contributed by atoms with Crippen LogP contribution in [0.5, 0.6) is 0 Å². The highest BCUT2D eigenvalue weighted by Crippen LogP contribution is 2.36. The van der Waals surface area contributed by atoms with Crippen LogP contribution in [0.2, 0.25) is 0 Å². The van der Waals surface area contributed by atoms with Gasteiger partial charge in [0, 0.05) is 6.04 Å². The number of carboxylic acid groups (broad SMARTS) is 1. The lowest BCUT2D eigenvalue weighted by atomic mass is 9.95. The fourth-order valence-corrected chi connectivity index (χ4v) is 3.58. The first-order chi connectivity index (χ1) is 8.04. The zero-order valence-electron chi connectivity index (χ0n) is 11.1. The third kappa shape index (κ3) is 2.49. The average Bonchev–Trinajstić information content (AvgIpc) is 2.54. The van der Waals surface area contributed by atoms with Gasteiger partial charge in [0.1, 0.15) is 5.54 Å². The molecule has 2 rings (SSSR count). The second-order valence-corrected chi connectivity index (χ2v) is 6.14. The van der Waals surface area contributed by atoms with E-state index in [9.17, 15) is 9.90 Å². The molecule has 0 bridgehead atoms. The molecule has 1 aliphatic carbocycles. The van der Waals surface area contributed by atoms with E-state index in [1.807, 2.05) is 6.92 Å². The van der Waals surface area contributed by atoms with Gasteiger partial charge in [-0.15, -0.1) is 0 Å². The minimum absolute atomic E-state index is 0.503. The van der Waals surface area contributed by atoms with E-state index in [4.69, 9.17) is 0 Å². The molecule has 3 nitrogen and oxygen atoms in total. The van der Waals surface area contributed by atoms with E-state index in [2.05, 4.69) is 11.8 Å². The topological polar surface area (TPSA) is 40.5 Å². The summed E-state index contributed by atoms with van der Waals surface area (Å²) in [5.41, 5.74) is -0.599. The Morgan fingerprint density at radius 3 is 2.71 bits per heavy atom. The van der Waals surface area contributed by atoms with E-state index >= 15 is 0 Å². The number of carbonyl (C=O) groups is 1. The van der Waals surface area contributed by atoms with E-state index < -0.39 is 11.5 Å². The second-order valence-electron chi connectivity index (χ2n) is 6.14. The molecule has 1 N–H and O–H groups in total. The van der Waals surface area contributed by atoms with E-state index in [1.165, 1.54) is 32.1 Å². The van der Waals surface area contributed by atoms with Crippen LogP contribution in [0.1, 0.15) is 58.8 Å². The molecular formula is C14H25NO2. The predicted octanol–water partition coefficient (Wildman–Crippen LogP) is 2.89. The number of carboxylic acids is 1. The van der Waals surface area contributed by atoms with E-state index in [-0.39, 0.29) is 0 Å². The van der Waals surface area contributed by atoms with E-state index in [0.29, 0.717) is 6.04 Å². The normalized spacial score (nSPS) is 40.1. The van der Waals surface area contributed by atoms with Crippen LogP contribution in [0.15, 0.2) is 0 Å². The Balaban J connectivity index is 2.08. The van der Waals surface area contributed by atoms with Gasteiger partial charge in [-0.1, -0.05) is 19.8 Å². The number of aliphatic carboxylic acids is 1. The van der Waals surface area contributed by atoms with Crippen molar-refractivity contribution in [3.63, 3.8) is 0 Å². The highest BCUT2D eigenvalue weighted by Gasteiger charge is 2.46. The van der Waals surface area contributed by atoms with Gasteiger partial charge in [0.15, 0.2) is 0 Å². The third-order valence-electron chi connectivity index (χ3n) is 4.82. The van der Waals surface area contributed by atoms with Gasteiger partial charge in [0.05, 0.1) is 0 Å². The van der Waals surface area contributed by atoms with Crippen LogP contribution in [0.4, 0.5) is 0 Å².